The molecule has 0 saturated heterocycles. The second-order valence-electron chi connectivity index (χ2n) is 6.67. The predicted molar refractivity (Wildman–Crippen MR) is 95.5 cm³/mol. The van der Waals surface area contributed by atoms with Crippen molar-refractivity contribution < 1.29 is 9.18 Å². The summed E-state index contributed by atoms with van der Waals surface area (Å²) in [4.78, 5) is 12.3. The van der Waals surface area contributed by atoms with E-state index in [0.717, 1.165) is 5.56 Å². The van der Waals surface area contributed by atoms with E-state index >= 15 is 0 Å². The average Bonchev–Trinajstić information content (AvgIpc) is 2.98. The Morgan fingerprint density at radius 2 is 1.92 bits per heavy atom. The van der Waals surface area contributed by atoms with Crippen molar-refractivity contribution in [2.75, 3.05) is 5.75 Å². The van der Waals surface area contributed by atoms with Gasteiger partial charge in [-0.3, -0.25) is 4.79 Å². The Bertz CT molecular complexity index is 687. The number of carbonyl (C=O) groups excluding carboxylic acids is 1. The number of rotatable bonds is 8. The first-order chi connectivity index (χ1) is 11.9. The van der Waals surface area contributed by atoms with Crippen molar-refractivity contribution in [3.05, 3.63) is 35.6 Å². The van der Waals surface area contributed by atoms with E-state index < -0.39 is 0 Å². The molecule has 8 heteroatoms. The van der Waals surface area contributed by atoms with Crippen LogP contribution in [0.1, 0.15) is 39.3 Å². The summed E-state index contributed by atoms with van der Waals surface area (Å²) in [5.41, 5.74) is 0.888. The SMILES string of the molecule is CC(C)Cn1nnnc1SCC(=O)NC(c1ccc(F)cc1)C(C)C. The Morgan fingerprint density at radius 3 is 2.52 bits per heavy atom. The summed E-state index contributed by atoms with van der Waals surface area (Å²) in [5.74, 6) is 0.437. The molecule has 0 aliphatic rings. The minimum absolute atomic E-state index is 0.105. The molecule has 1 N–H and O–H groups in total. The Balaban J connectivity index is 1.96. The fourth-order valence-corrected chi connectivity index (χ4v) is 3.11. The fourth-order valence-electron chi connectivity index (χ4n) is 2.41. The average molecular weight is 365 g/mol. The third kappa shape index (κ3) is 5.81. The second-order valence-corrected chi connectivity index (χ2v) is 7.61. The molecule has 0 saturated carbocycles. The molecule has 1 heterocycles. The smallest absolute Gasteiger partial charge is 0.230 e. The Kier molecular flexibility index (Phi) is 6.92. The highest BCUT2D eigenvalue weighted by atomic mass is 32.2. The van der Waals surface area contributed by atoms with E-state index in [4.69, 9.17) is 0 Å². The van der Waals surface area contributed by atoms with Crippen LogP contribution in [0.25, 0.3) is 0 Å². The van der Waals surface area contributed by atoms with Gasteiger partial charge >= 0.3 is 0 Å². The third-order valence-electron chi connectivity index (χ3n) is 3.58. The molecule has 0 radical (unpaired) electrons. The lowest BCUT2D eigenvalue weighted by Crippen LogP contribution is -2.33. The van der Waals surface area contributed by atoms with Gasteiger partial charge in [-0.15, -0.1) is 5.10 Å². The van der Waals surface area contributed by atoms with E-state index in [-0.39, 0.29) is 29.4 Å². The van der Waals surface area contributed by atoms with Gasteiger partial charge in [0.25, 0.3) is 0 Å². The maximum atomic E-state index is 13.1. The van der Waals surface area contributed by atoms with Crippen molar-refractivity contribution in [1.82, 2.24) is 25.5 Å². The lowest BCUT2D eigenvalue weighted by Gasteiger charge is -2.23. The van der Waals surface area contributed by atoms with Crippen LogP contribution in [0.2, 0.25) is 0 Å². The van der Waals surface area contributed by atoms with Gasteiger partial charge in [-0.2, -0.15) is 0 Å². The maximum absolute atomic E-state index is 13.1. The molecule has 0 fully saturated rings. The minimum atomic E-state index is -0.287. The summed E-state index contributed by atoms with van der Waals surface area (Å²) < 4.78 is 14.8. The molecule has 2 rings (SSSR count). The van der Waals surface area contributed by atoms with Gasteiger partial charge < -0.3 is 5.32 Å². The van der Waals surface area contributed by atoms with Crippen LogP contribution in [0, 0.1) is 17.7 Å². The molecule has 25 heavy (non-hydrogen) atoms. The maximum Gasteiger partial charge on any atom is 0.230 e. The molecule has 2 aromatic rings. The standard InChI is InChI=1S/C17H24FN5OS/c1-11(2)9-23-17(20-21-22-23)25-10-15(24)19-16(12(3)4)13-5-7-14(18)8-6-13/h5-8,11-12,16H,9-10H2,1-4H3,(H,19,24). The van der Waals surface area contributed by atoms with Gasteiger partial charge in [0.15, 0.2) is 0 Å². The van der Waals surface area contributed by atoms with Crippen LogP contribution in [0.4, 0.5) is 4.39 Å². The van der Waals surface area contributed by atoms with E-state index in [2.05, 4.69) is 34.7 Å². The molecule has 136 valence electrons. The van der Waals surface area contributed by atoms with E-state index in [1.807, 2.05) is 13.8 Å². The number of benzene rings is 1. The van der Waals surface area contributed by atoms with Crippen LogP contribution < -0.4 is 5.32 Å². The number of carbonyl (C=O) groups is 1. The normalized spacial score (nSPS) is 12.6. The lowest BCUT2D eigenvalue weighted by molar-refractivity contribution is -0.119. The predicted octanol–water partition coefficient (Wildman–Crippen LogP) is 3.07. The quantitative estimate of drug-likeness (QED) is 0.728. The molecule has 0 aliphatic carbocycles. The van der Waals surface area contributed by atoms with Gasteiger partial charge in [-0.25, -0.2) is 9.07 Å². The van der Waals surface area contributed by atoms with Gasteiger partial charge in [0.1, 0.15) is 5.82 Å². The van der Waals surface area contributed by atoms with Crippen molar-refractivity contribution in [2.24, 2.45) is 11.8 Å². The van der Waals surface area contributed by atoms with Crippen LogP contribution in [-0.4, -0.2) is 31.9 Å². The van der Waals surface area contributed by atoms with Crippen LogP contribution in [0.15, 0.2) is 29.4 Å². The minimum Gasteiger partial charge on any atom is -0.348 e. The molecule has 1 atom stereocenters. The van der Waals surface area contributed by atoms with Gasteiger partial charge in [0, 0.05) is 6.54 Å². The lowest BCUT2D eigenvalue weighted by atomic mass is 9.96. The van der Waals surface area contributed by atoms with Crippen molar-refractivity contribution in [3.63, 3.8) is 0 Å². The monoisotopic (exact) mass is 365 g/mol. The molecule has 1 amide bonds. The highest BCUT2D eigenvalue weighted by Crippen LogP contribution is 2.22. The summed E-state index contributed by atoms with van der Waals surface area (Å²) in [6.45, 7) is 8.91. The van der Waals surface area contributed by atoms with Crippen LogP contribution in [-0.2, 0) is 11.3 Å². The van der Waals surface area contributed by atoms with Crippen LogP contribution >= 0.6 is 11.8 Å². The number of nitrogens with zero attached hydrogens (tertiary/aromatic N) is 4. The molecule has 1 unspecified atom stereocenters. The molecule has 0 bridgehead atoms. The van der Waals surface area contributed by atoms with Crippen molar-refractivity contribution in [1.29, 1.82) is 0 Å². The molecule has 1 aromatic carbocycles. The van der Waals surface area contributed by atoms with Crippen molar-refractivity contribution in [3.8, 4) is 0 Å². The molecular weight excluding hydrogens is 341 g/mol. The highest BCUT2D eigenvalue weighted by Gasteiger charge is 2.19. The van der Waals surface area contributed by atoms with E-state index in [1.54, 1.807) is 16.8 Å². The number of aromatic nitrogens is 4. The van der Waals surface area contributed by atoms with Crippen molar-refractivity contribution >= 4 is 17.7 Å². The second kappa shape index (κ2) is 8.94. The molecule has 1 aromatic heterocycles. The Hall–Kier alpha value is -1.96. The first kappa shape index (κ1) is 19.4. The third-order valence-corrected chi connectivity index (χ3v) is 4.54. The summed E-state index contributed by atoms with van der Waals surface area (Å²) in [7, 11) is 0. The number of hydrogen-bond acceptors (Lipinski definition) is 5. The van der Waals surface area contributed by atoms with Crippen molar-refractivity contribution in [2.45, 2.75) is 45.4 Å². The number of hydrogen-bond donors (Lipinski definition) is 1. The number of halogens is 1. The molecule has 0 spiro atoms. The zero-order chi connectivity index (χ0) is 18.4. The van der Waals surface area contributed by atoms with E-state index in [9.17, 15) is 9.18 Å². The van der Waals surface area contributed by atoms with E-state index in [1.165, 1.54) is 23.9 Å². The van der Waals surface area contributed by atoms with Gasteiger partial charge in [0.2, 0.25) is 11.1 Å². The molecular formula is C17H24FN5OS. The Labute approximate surface area is 151 Å². The Morgan fingerprint density at radius 1 is 1.24 bits per heavy atom. The van der Waals surface area contributed by atoms with Gasteiger partial charge in [-0.05, 0) is 40.0 Å². The summed E-state index contributed by atoms with van der Waals surface area (Å²) >= 11 is 1.31. The van der Waals surface area contributed by atoms with Crippen LogP contribution in [0.3, 0.4) is 0 Å². The summed E-state index contributed by atoms with van der Waals surface area (Å²) in [6.07, 6.45) is 0. The summed E-state index contributed by atoms with van der Waals surface area (Å²) in [5, 5.41) is 15.2. The zero-order valence-corrected chi connectivity index (χ0v) is 15.8. The molecule has 6 nitrogen and oxygen atoms in total. The van der Waals surface area contributed by atoms with Crippen LogP contribution in [0.5, 0.6) is 0 Å². The number of thioether (sulfide) groups is 1. The highest BCUT2D eigenvalue weighted by molar-refractivity contribution is 7.99. The van der Waals surface area contributed by atoms with E-state index in [0.29, 0.717) is 17.6 Å². The zero-order valence-electron chi connectivity index (χ0n) is 14.9. The van der Waals surface area contributed by atoms with Gasteiger partial charge in [-0.1, -0.05) is 51.6 Å². The first-order valence-corrected chi connectivity index (χ1v) is 9.29. The molecule has 0 aliphatic heterocycles. The summed E-state index contributed by atoms with van der Waals surface area (Å²) in [6, 6.07) is 6.06. The largest absolute Gasteiger partial charge is 0.348 e. The van der Waals surface area contributed by atoms with Gasteiger partial charge in [0.05, 0.1) is 11.8 Å². The topological polar surface area (TPSA) is 72.7 Å². The number of tetrazole rings is 1. The number of amides is 1. The number of nitrogens with one attached hydrogen (secondary N) is 1. The fraction of sp³-hybridized carbons (Fsp3) is 0.529. The first-order valence-electron chi connectivity index (χ1n) is 8.30.